The monoisotopic (exact) mass is 250 g/mol. The Morgan fingerprint density at radius 2 is 2.00 bits per heavy atom. The SMILES string of the molecule is CC1CCCC1CNC(=O)C1C2CCC(C2)C1N. The Morgan fingerprint density at radius 1 is 1.22 bits per heavy atom. The molecule has 3 N–H and O–H groups in total. The second-order valence-electron chi connectivity index (χ2n) is 6.85. The lowest BCUT2D eigenvalue weighted by Crippen LogP contribution is -2.46. The van der Waals surface area contributed by atoms with Gasteiger partial charge in [-0.15, -0.1) is 0 Å². The molecule has 1 amide bonds. The number of amides is 1. The summed E-state index contributed by atoms with van der Waals surface area (Å²) in [5, 5.41) is 3.19. The first-order chi connectivity index (χ1) is 8.66. The lowest BCUT2D eigenvalue weighted by atomic mass is 9.84. The number of carbonyl (C=O) groups excluding carboxylic acids is 1. The molecule has 18 heavy (non-hydrogen) atoms. The van der Waals surface area contributed by atoms with E-state index in [4.69, 9.17) is 5.73 Å². The summed E-state index contributed by atoms with van der Waals surface area (Å²) in [7, 11) is 0. The fraction of sp³-hybridized carbons (Fsp3) is 0.933. The fourth-order valence-corrected chi connectivity index (χ4v) is 4.60. The maximum atomic E-state index is 12.3. The Labute approximate surface area is 110 Å². The third-order valence-electron chi connectivity index (χ3n) is 5.86. The highest BCUT2D eigenvalue weighted by Crippen LogP contribution is 2.47. The summed E-state index contributed by atoms with van der Waals surface area (Å²) >= 11 is 0. The van der Waals surface area contributed by atoms with Gasteiger partial charge in [0, 0.05) is 12.6 Å². The zero-order chi connectivity index (χ0) is 12.7. The van der Waals surface area contributed by atoms with Crippen LogP contribution in [0.25, 0.3) is 0 Å². The number of hydrogen-bond donors (Lipinski definition) is 2. The van der Waals surface area contributed by atoms with E-state index in [-0.39, 0.29) is 17.9 Å². The molecule has 0 aromatic heterocycles. The highest BCUT2D eigenvalue weighted by molar-refractivity contribution is 5.80. The van der Waals surface area contributed by atoms with Gasteiger partial charge in [-0.05, 0) is 49.4 Å². The molecule has 0 aromatic rings. The first-order valence-electron chi connectivity index (χ1n) is 7.70. The average molecular weight is 250 g/mol. The molecule has 3 saturated carbocycles. The number of nitrogens with one attached hydrogen (secondary N) is 1. The molecule has 3 aliphatic carbocycles. The third-order valence-corrected chi connectivity index (χ3v) is 5.86. The lowest BCUT2D eigenvalue weighted by molar-refractivity contribution is -0.127. The molecule has 3 aliphatic rings. The second kappa shape index (κ2) is 4.84. The van der Waals surface area contributed by atoms with Gasteiger partial charge >= 0.3 is 0 Å². The predicted octanol–water partition coefficient (Wildman–Crippen LogP) is 1.91. The van der Waals surface area contributed by atoms with Crippen molar-refractivity contribution >= 4 is 5.91 Å². The maximum Gasteiger partial charge on any atom is 0.224 e. The van der Waals surface area contributed by atoms with Gasteiger partial charge in [0.2, 0.25) is 5.91 Å². The Balaban J connectivity index is 1.52. The summed E-state index contributed by atoms with van der Waals surface area (Å²) in [5.41, 5.74) is 6.22. The van der Waals surface area contributed by atoms with Crippen LogP contribution in [0.5, 0.6) is 0 Å². The van der Waals surface area contributed by atoms with Crippen molar-refractivity contribution in [2.45, 2.75) is 51.5 Å². The zero-order valence-electron chi connectivity index (χ0n) is 11.4. The van der Waals surface area contributed by atoms with E-state index in [9.17, 15) is 4.79 Å². The fourth-order valence-electron chi connectivity index (χ4n) is 4.60. The molecule has 0 heterocycles. The van der Waals surface area contributed by atoms with E-state index in [1.165, 1.54) is 38.5 Å². The number of rotatable bonds is 3. The van der Waals surface area contributed by atoms with Gasteiger partial charge in [0.15, 0.2) is 0 Å². The van der Waals surface area contributed by atoms with Gasteiger partial charge in [-0.1, -0.05) is 19.8 Å². The molecule has 6 atom stereocenters. The van der Waals surface area contributed by atoms with Crippen LogP contribution in [0.3, 0.4) is 0 Å². The Kier molecular flexibility index (Phi) is 3.35. The van der Waals surface area contributed by atoms with Gasteiger partial charge in [-0.2, -0.15) is 0 Å². The predicted molar refractivity (Wildman–Crippen MR) is 71.8 cm³/mol. The third kappa shape index (κ3) is 2.07. The van der Waals surface area contributed by atoms with Crippen LogP contribution in [0.2, 0.25) is 0 Å². The molecule has 102 valence electrons. The van der Waals surface area contributed by atoms with E-state index in [2.05, 4.69) is 12.2 Å². The maximum absolute atomic E-state index is 12.3. The van der Waals surface area contributed by atoms with E-state index < -0.39 is 0 Å². The number of nitrogens with two attached hydrogens (primary N) is 1. The van der Waals surface area contributed by atoms with Crippen molar-refractivity contribution in [1.82, 2.24) is 5.32 Å². The summed E-state index contributed by atoms with van der Waals surface area (Å²) in [5.74, 6) is 3.03. The second-order valence-corrected chi connectivity index (χ2v) is 6.85. The van der Waals surface area contributed by atoms with Crippen LogP contribution in [-0.4, -0.2) is 18.5 Å². The molecular formula is C15H26N2O. The average Bonchev–Trinajstić information content (AvgIpc) is 3.02. The van der Waals surface area contributed by atoms with E-state index in [1.807, 2.05) is 0 Å². The number of carbonyl (C=O) groups is 1. The van der Waals surface area contributed by atoms with Gasteiger partial charge < -0.3 is 11.1 Å². The Hall–Kier alpha value is -0.570. The number of fused-ring (bicyclic) bond motifs is 2. The smallest absolute Gasteiger partial charge is 0.224 e. The summed E-state index contributed by atoms with van der Waals surface area (Å²) in [6, 6.07) is 0.129. The van der Waals surface area contributed by atoms with Crippen LogP contribution in [0, 0.1) is 29.6 Å². The molecule has 0 aliphatic heterocycles. The van der Waals surface area contributed by atoms with Crippen molar-refractivity contribution in [3.8, 4) is 0 Å². The first kappa shape index (κ1) is 12.5. The molecule has 0 radical (unpaired) electrons. The van der Waals surface area contributed by atoms with E-state index in [1.54, 1.807) is 0 Å². The van der Waals surface area contributed by atoms with Crippen LogP contribution in [0.15, 0.2) is 0 Å². The quantitative estimate of drug-likeness (QED) is 0.804. The minimum Gasteiger partial charge on any atom is -0.356 e. The van der Waals surface area contributed by atoms with Gasteiger partial charge in [-0.3, -0.25) is 4.79 Å². The topological polar surface area (TPSA) is 55.1 Å². The van der Waals surface area contributed by atoms with Crippen molar-refractivity contribution in [3.63, 3.8) is 0 Å². The van der Waals surface area contributed by atoms with E-state index in [0.29, 0.717) is 17.8 Å². The van der Waals surface area contributed by atoms with E-state index in [0.717, 1.165) is 12.5 Å². The van der Waals surface area contributed by atoms with Crippen LogP contribution in [0.1, 0.15) is 45.4 Å². The normalized spacial score (nSPS) is 46.6. The van der Waals surface area contributed by atoms with Gasteiger partial charge in [0.05, 0.1) is 5.92 Å². The van der Waals surface area contributed by atoms with Crippen molar-refractivity contribution in [1.29, 1.82) is 0 Å². The Morgan fingerprint density at radius 3 is 2.61 bits per heavy atom. The summed E-state index contributed by atoms with van der Waals surface area (Å²) in [4.78, 5) is 12.3. The van der Waals surface area contributed by atoms with E-state index >= 15 is 0 Å². The molecule has 3 rings (SSSR count). The van der Waals surface area contributed by atoms with Crippen molar-refractivity contribution in [3.05, 3.63) is 0 Å². The molecule has 3 fully saturated rings. The minimum absolute atomic E-state index is 0.112. The highest BCUT2D eigenvalue weighted by atomic mass is 16.1. The molecular weight excluding hydrogens is 224 g/mol. The van der Waals surface area contributed by atoms with Crippen LogP contribution >= 0.6 is 0 Å². The van der Waals surface area contributed by atoms with Crippen LogP contribution in [0.4, 0.5) is 0 Å². The van der Waals surface area contributed by atoms with Crippen molar-refractivity contribution in [2.24, 2.45) is 35.3 Å². The minimum atomic E-state index is 0.112. The lowest BCUT2D eigenvalue weighted by Gasteiger charge is -2.28. The van der Waals surface area contributed by atoms with Crippen molar-refractivity contribution in [2.75, 3.05) is 6.54 Å². The Bertz CT molecular complexity index is 328. The van der Waals surface area contributed by atoms with Gasteiger partial charge in [0.1, 0.15) is 0 Å². The van der Waals surface area contributed by atoms with Gasteiger partial charge in [0.25, 0.3) is 0 Å². The molecule has 0 aromatic carbocycles. The molecule has 2 bridgehead atoms. The standard InChI is InChI=1S/C15H26N2O/c1-9-3-2-4-12(9)8-17-15(18)13-10-5-6-11(7-10)14(13)16/h9-14H,2-8,16H2,1H3,(H,17,18). The molecule has 0 saturated heterocycles. The molecule has 6 unspecified atom stereocenters. The molecule has 3 nitrogen and oxygen atoms in total. The molecule has 3 heteroatoms. The summed E-state index contributed by atoms with van der Waals surface area (Å²) < 4.78 is 0. The number of hydrogen-bond acceptors (Lipinski definition) is 2. The van der Waals surface area contributed by atoms with Crippen molar-refractivity contribution < 1.29 is 4.79 Å². The zero-order valence-corrected chi connectivity index (χ0v) is 11.4. The molecule has 0 spiro atoms. The summed E-state index contributed by atoms with van der Waals surface area (Å²) in [6.07, 6.45) is 7.60. The largest absolute Gasteiger partial charge is 0.356 e. The van der Waals surface area contributed by atoms with Crippen LogP contribution in [-0.2, 0) is 4.79 Å². The summed E-state index contributed by atoms with van der Waals surface area (Å²) in [6.45, 7) is 3.19. The first-order valence-corrected chi connectivity index (χ1v) is 7.70. The van der Waals surface area contributed by atoms with Gasteiger partial charge in [-0.25, -0.2) is 0 Å². The highest BCUT2D eigenvalue weighted by Gasteiger charge is 2.49. The van der Waals surface area contributed by atoms with Crippen LogP contribution < -0.4 is 11.1 Å².